The summed E-state index contributed by atoms with van der Waals surface area (Å²) in [5, 5.41) is 16.3. The van der Waals surface area contributed by atoms with Crippen LogP contribution in [0.15, 0.2) is 82.8 Å². The third-order valence-electron chi connectivity index (χ3n) is 6.45. The normalized spacial score (nSPS) is 13.5. The topological polar surface area (TPSA) is 123 Å². The molecule has 2 amide bonds. The van der Waals surface area contributed by atoms with Crippen molar-refractivity contribution in [3.8, 4) is 0 Å². The highest BCUT2D eigenvalue weighted by atomic mass is 32.2. The number of nitrogens with zero attached hydrogens (tertiary/aromatic N) is 4. The van der Waals surface area contributed by atoms with Gasteiger partial charge >= 0.3 is 18.2 Å². The minimum absolute atomic E-state index is 0.0246. The molecule has 42 heavy (non-hydrogen) atoms. The standard InChI is InChI=1S/C28H28F3N5O5S/c1-19-8-11-24(12-9-19)42(40,41)33-21-10-13-25(20(16-21)17-34(2)26(37)28(29,30)31)35(27(38)39)18-22-14-15-36(32-22)23-6-4-3-5-7-23/h3-13,16,33H,14-15,17-18H2,1-2H3,(H,38,39). The Morgan fingerprint density at radius 1 is 1.02 bits per heavy atom. The van der Waals surface area contributed by atoms with E-state index in [0.29, 0.717) is 23.6 Å². The lowest BCUT2D eigenvalue weighted by molar-refractivity contribution is -0.184. The number of hydrogen-bond acceptors (Lipinski definition) is 6. The monoisotopic (exact) mass is 603 g/mol. The zero-order chi connectivity index (χ0) is 30.7. The fourth-order valence-corrected chi connectivity index (χ4v) is 5.41. The van der Waals surface area contributed by atoms with Crippen LogP contribution < -0.4 is 14.6 Å². The number of carbonyl (C=O) groups excluding carboxylic acids is 1. The fourth-order valence-electron chi connectivity index (χ4n) is 4.36. The Morgan fingerprint density at radius 2 is 1.69 bits per heavy atom. The first-order valence-corrected chi connectivity index (χ1v) is 14.2. The summed E-state index contributed by atoms with van der Waals surface area (Å²) in [5.74, 6) is -2.14. The molecule has 10 nitrogen and oxygen atoms in total. The average Bonchev–Trinajstić information content (AvgIpc) is 3.40. The van der Waals surface area contributed by atoms with E-state index in [1.165, 1.54) is 30.3 Å². The van der Waals surface area contributed by atoms with E-state index in [9.17, 15) is 36.3 Å². The Kier molecular flexibility index (Phi) is 8.75. The zero-order valence-electron chi connectivity index (χ0n) is 22.7. The molecule has 1 heterocycles. The predicted molar refractivity (Wildman–Crippen MR) is 152 cm³/mol. The number of benzene rings is 3. The van der Waals surface area contributed by atoms with E-state index in [4.69, 9.17) is 0 Å². The summed E-state index contributed by atoms with van der Waals surface area (Å²) in [4.78, 5) is 25.5. The van der Waals surface area contributed by atoms with E-state index < -0.39 is 34.7 Å². The van der Waals surface area contributed by atoms with Crippen LogP contribution in [0.5, 0.6) is 0 Å². The van der Waals surface area contributed by atoms with Gasteiger partial charge in [0, 0.05) is 32.2 Å². The number of amides is 2. The van der Waals surface area contributed by atoms with Gasteiger partial charge in [-0.25, -0.2) is 13.2 Å². The molecule has 4 rings (SSSR count). The summed E-state index contributed by atoms with van der Waals surface area (Å²) >= 11 is 0. The molecule has 3 aromatic rings. The molecule has 3 aromatic carbocycles. The van der Waals surface area contributed by atoms with Crippen molar-refractivity contribution in [1.29, 1.82) is 0 Å². The second-order valence-electron chi connectivity index (χ2n) is 9.66. The molecule has 2 N–H and O–H groups in total. The van der Waals surface area contributed by atoms with E-state index >= 15 is 0 Å². The lowest BCUT2D eigenvalue weighted by atomic mass is 10.1. The van der Waals surface area contributed by atoms with Crippen molar-refractivity contribution in [2.24, 2.45) is 5.10 Å². The second-order valence-corrected chi connectivity index (χ2v) is 11.3. The number of anilines is 3. The van der Waals surface area contributed by atoms with E-state index in [-0.39, 0.29) is 28.4 Å². The SMILES string of the molecule is Cc1ccc(S(=O)(=O)Nc2ccc(N(CC3=NN(c4ccccc4)CC3)C(=O)O)c(CN(C)C(=O)C(F)(F)F)c2)cc1. The molecular formula is C28H28F3N5O5S. The molecule has 222 valence electrons. The number of halogens is 3. The smallest absolute Gasteiger partial charge is 0.465 e. The number of para-hydroxylation sites is 1. The maximum Gasteiger partial charge on any atom is 0.471 e. The van der Waals surface area contributed by atoms with Crippen LogP contribution in [-0.2, 0) is 21.4 Å². The predicted octanol–water partition coefficient (Wildman–Crippen LogP) is 5.07. The summed E-state index contributed by atoms with van der Waals surface area (Å²) in [6.45, 7) is 1.44. The Balaban J connectivity index is 1.68. The number of hydrogen-bond donors (Lipinski definition) is 2. The van der Waals surface area contributed by atoms with E-state index in [1.807, 2.05) is 30.3 Å². The van der Waals surface area contributed by atoms with Gasteiger partial charge in [0.1, 0.15) is 0 Å². The first-order chi connectivity index (χ1) is 19.7. The molecule has 0 fully saturated rings. The van der Waals surface area contributed by atoms with Crippen LogP contribution >= 0.6 is 0 Å². The molecular weight excluding hydrogens is 575 g/mol. The Morgan fingerprint density at radius 3 is 2.31 bits per heavy atom. The van der Waals surface area contributed by atoms with Crippen molar-refractivity contribution >= 4 is 44.8 Å². The Hall–Kier alpha value is -4.59. The van der Waals surface area contributed by atoms with Gasteiger partial charge in [0.2, 0.25) is 0 Å². The molecule has 0 radical (unpaired) electrons. The number of aryl methyl sites for hydroxylation is 1. The molecule has 0 spiro atoms. The third-order valence-corrected chi connectivity index (χ3v) is 7.85. The summed E-state index contributed by atoms with van der Waals surface area (Å²) in [6, 6.07) is 19.0. The van der Waals surface area contributed by atoms with Crippen molar-refractivity contribution in [2.45, 2.75) is 31.0 Å². The molecule has 1 aliphatic heterocycles. The van der Waals surface area contributed by atoms with Gasteiger partial charge in [-0.15, -0.1) is 0 Å². The number of hydrazone groups is 1. The Labute approximate surface area is 240 Å². The van der Waals surface area contributed by atoms with Gasteiger partial charge in [0.25, 0.3) is 10.0 Å². The molecule has 0 atom stereocenters. The minimum Gasteiger partial charge on any atom is -0.465 e. The Bertz CT molecular complexity index is 1600. The molecule has 0 unspecified atom stereocenters. The number of sulfonamides is 1. The highest BCUT2D eigenvalue weighted by Gasteiger charge is 2.41. The fraction of sp³-hybridized carbons (Fsp3) is 0.250. The molecule has 14 heteroatoms. The number of nitrogens with one attached hydrogen (secondary N) is 1. The summed E-state index contributed by atoms with van der Waals surface area (Å²) in [7, 11) is -3.16. The van der Waals surface area contributed by atoms with Gasteiger partial charge in [0.05, 0.1) is 28.5 Å². The molecule has 0 bridgehead atoms. The third kappa shape index (κ3) is 7.18. The first kappa shape index (κ1) is 30.4. The minimum atomic E-state index is -5.16. The first-order valence-electron chi connectivity index (χ1n) is 12.7. The van der Waals surface area contributed by atoms with Crippen molar-refractivity contribution in [1.82, 2.24) is 4.90 Å². The largest absolute Gasteiger partial charge is 0.471 e. The quantitative estimate of drug-likeness (QED) is 0.352. The lowest BCUT2D eigenvalue weighted by Gasteiger charge is -2.26. The molecule has 0 aromatic heterocycles. The van der Waals surface area contributed by atoms with Crippen LogP contribution in [0.4, 0.5) is 35.0 Å². The zero-order valence-corrected chi connectivity index (χ0v) is 23.5. The van der Waals surface area contributed by atoms with E-state index in [0.717, 1.165) is 23.2 Å². The van der Waals surface area contributed by atoms with Gasteiger partial charge in [-0.05, 0) is 55.0 Å². The second kappa shape index (κ2) is 12.1. The molecule has 1 aliphatic rings. The van der Waals surface area contributed by atoms with Crippen molar-refractivity contribution in [3.05, 3.63) is 83.9 Å². The van der Waals surface area contributed by atoms with Crippen LogP contribution in [0, 0.1) is 6.92 Å². The van der Waals surface area contributed by atoms with Gasteiger partial charge in [0.15, 0.2) is 0 Å². The van der Waals surface area contributed by atoms with Crippen molar-refractivity contribution in [3.63, 3.8) is 0 Å². The van der Waals surface area contributed by atoms with Crippen molar-refractivity contribution < 1.29 is 36.3 Å². The maximum absolute atomic E-state index is 13.1. The number of rotatable bonds is 9. The molecule has 0 saturated carbocycles. The summed E-state index contributed by atoms with van der Waals surface area (Å²) in [6.07, 6.45) is -6.13. The van der Waals surface area contributed by atoms with Crippen molar-refractivity contribution in [2.75, 3.05) is 34.8 Å². The number of carboxylic acid groups (broad SMARTS) is 1. The van der Waals surface area contributed by atoms with Gasteiger partial charge in [-0.1, -0.05) is 35.9 Å². The van der Waals surface area contributed by atoms with Crippen LogP contribution in [-0.4, -0.2) is 62.4 Å². The van der Waals surface area contributed by atoms with Gasteiger partial charge in [-0.2, -0.15) is 18.3 Å². The van der Waals surface area contributed by atoms with Crippen LogP contribution in [0.3, 0.4) is 0 Å². The van der Waals surface area contributed by atoms with Gasteiger partial charge < -0.3 is 10.0 Å². The number of carbonyl (C=O) groups is 2. The lowest BCUT2D eigenvalue weighted by Crippen LogP contribution is -2.39. The van der Waals surface area contributed by atoms with Crippen LogP contribution in [0.1, 0.15) is 17.5 Å². The summed E-state index contributed by atoms with van der Waals surface area (Å²) < 4.78 is 67.7. The van der Waals surface area contributed by atoms with Gasteiger partial charge in [-0.3, -0.25) is 19.4 Å². The molecule has 0 saturated heterocycles. The average molecular weight is 604 g/mol. The van der Waals surface area contributed by atoms with E-state index in [2.05, 4.69) is 9.82 Å². The highest BCUT2D eigenvalue weighted by Crippen LogP contribution is 2.30. The number of alkyl halides is 3. The summed E-state index contributed by atoms with van der Waals surface area (Å²) in [5.41, 5.74) is 2.08. The van der Waals surface area contributed by atoms with Crippen LogP contribution in [0.2, 0.25) is 0 Å². The van der Waals surface area contributed by atoms with E-state index in [1.54, 1.807) is 24.1 Å². The maximum atomic E-state index is 13.1. The highest BCUT2D eigenvalue weighted by molar-refractivity contribution is 7.92. The van der Waals surface area contributed by atoms with Crippen LogP contribution in [0.25, 0.3) is 0 Å². The molecule has 0 aliphatic carbocycles.